The van der Waals surface area contributed by atoms with E-state index in [0.29, 0.717) is 5.75 Å². The Hall–Kier alpha value is -1.22. The van der Waals surface area contributed by atoms with E-state index in [9.17, 15) is 5.11 Å². The Kier molecular flexibility index (Phi) is 2.15. The monoisotopic (exact) mass is 207 g/mol. The first-order chi connectivity index (χ1) is 6.99. The zero-order valence-electron chi connectivity index (χ0n) is 9.42. The van der Waals surface area contributed by atoms with Crippen molar-refractivity contribution >= 4 is 0 Å². The summed E-state index contributed by atoms with van der Waals surface area (Å²) in [6.07, 6.45) is 1.87. The minimum atomic E-state index is -0.324. The van der Waals surface area contributed by atoms with Gasteiger partial charge in [0.25, 0.3) is 0 Å². The molecule has 0 unspecified atom stereocenters. The molecule has 0 atom stereocenters. The van der Waals surface area contributed by atoms with Gasteiger partial charge in [-0.1, -0.05) is 0 Å². The number of benzene rings is 1. The van der Waals surface area contributed by atoms with E-state index in [2.05, 4.69) is 0 Å². The van der Waals surface area contributed by atoms with Crippen LogP contribution in [-0.2, 0) is 5.54 Å². The van der Waals surface area contributed by atoms with Crippen LogP contribution in [0.4, 0.5) is 0 Å². The number of hydrogen-bond donors (Lipinski definition) is 2. The van der Waals surface area contributed by atoms with Crippen LogP contribution >= 0.6 is 0 Å². The maximum Gasteiger partial charge on any atom is 0.164 e. The number of ether oxygens (including phenoxy) is 1. The van der Waals surface area contributed by atoms with Crippen molar-refractivity contribution in [1.29, 1.82) is 0 Å². The van der Waals surface area contributed by atoms with Crippen molar-refractivity contribution in [2.75, 3.05) is 7.11 Å². The van der Waals surface area contributed by atoms with Crippen LogP contribution in [0.15, 0.2) is 6.07 Å². The van der Waals surface area contributed by atoms with Gasteiger partial charge < -0.3 is 15.6 Å². The summed E-state index contributed by atoms with van der Waals surface area (Å²) < 4.78 is 5.21. The Morgan fingerprint density at radius 1 is 1.40 bits per heavy atom. The molecule has 0 aromatic heterocycles. The number of methoxy groups -OCH3 is 1. The molecule has 0 heterocycles. The SMILES string of the molecule is COc1c(C)c(C)cc(C2(N)CC2)c1O. The van der Waals surface area contributed by atoms with E-state index in [-0.39, 0.29) is 11.3 Å². The highest BCUT2D eigenvalue weighted by molar-refractivity contribution is 5.57. The van der Waals surface area contributed by atoms with Crippen molar-refractivity contribution in [2.24, 2.45) is 5.73 Å². The summed E-state index contributed by atoms with van der Waals surface area (Å²) in [5.41, 5.74) is 8.68. The first kappa shape index (κ1) is 10.3. The predicted molar refractivity (Wildman–Crippen MR) is 59.2 cm³/mol. The normalized spacial score (nSPS) is 17.6. The minimum Gasteiger partial charge on any atom is -0.504 e. The largest absolute Gasteiger partial charge is 0.504 e. The van der Waals surface area contributed by atoms with Crippen LogP contribution < -0.4 is 10.5 Å². The van der Waals surface area contributed by atoms with E-state index >= 15 is 0 Å². The fraction of sp³-hybridized carbons (Fsp3) is 0.500. The van der Waals surface area contributed by atoms with E-state index < -0.39 is 0 Å². The molecule has 0 saturated heterocycles. The number of rotatable bonds is 2. The van der Waals surface area contributed by atoms with Crippen LogP contribution in [0.5, 0.6) is 11.5 Å². The van der Waals surface area contributed by atoms with Gasteiger partial charge >= 0.3 is 0 Å². The lowest BCUT2D eigenvalue weighted by atomic mass is 9.97. The van der Waals surface area contributed by atoms with Gasteiger partial charge in [0, 0.05) is 11.1 Å². The molecule has 82 valence electrons. The van der Waals surface area contributed by atoms with E-state index in [1.165, 1.54) is 0 Å². The van der Waals surface area contributed by atoms with Crippen molar-refractivity contribution in [2.45, 2.75) is 32.2 Å². The van der Waals surface area contributed by atoms with Gasteiger partial charge in [-0.3, -0.25) is 0 Å². The molecule has 1 aliphatic rings. The molecule has 2 rings (SSSR count). The molecule has 0 amide bonds. The predicted octanol–water partition coefficient (Wildman–Crippen LogP) is 1.97. The zero-order chi connectivity index (χ0) is 11.2. The Morgan fingerprint density at radius 3 is 2.47 bits per heavy atom. The number of nitrogens with two attached hydrogens (primary N) is 1. The number of phenolic OH excluding ortho intramolecular Hbond substituents is 1. The van der Waals surface area contributed by atoms with Gasteiger partial charge in [-0.25, -0.2) is 0 Å². The van der Waals surface area contributed by atoms with Gasteiger partial charge in [0.2, 0.25) is 0 Å². The molecule has 1 aliphatic carbocycles. The highest BCUT2D eigenvalue weighted by Crippen LogP contribution is 2.50. The second kappa shape index (κ2) is 3.14. The zero-order valence-corrected chi connectivity index (χ0v) is 9.42. The minimum absolute atomic E-state index is 0.209. The molecule has 15 heavy (non-hydrogen) atoms. The Morgan fingerprint density at radius 2 is 2.00 bits per heavy atom. The van der Waals surface area contributed by atoms with Crippen LogP contribution in [0, 0.1) is 13.8 Å². The molecule has 3 heteroatoms. The van der Waals surface area contributed by atoms with Gasteiger partial charge in [-0.15, -0.1) is 0 Å². The average Bonchev–Trinajstić information content (AvgIpc) is 2.92. The summed E-state index contributed by atoms with van der Waals surface area (Å²) >= 11 is 0. The van der Waals surface area contributed by atoms with Gasteiger partial charge in [0.05, 0.1) is 7.11 Å². The van der Waals surface area contributed by atoms with Crippen LogP contribution in [-0.4, -0.2) is 12.2 Å². The van der Waals surface area contributed by atoms with Crippen molar-refractivity contribution in [3.8, 4) is 11.5 Å². The van der Waals surface area contributed by atoms with Crippen molar-refractivity contribution in [1.82, 2.24) is 0 Å². The van der Waals surface area contributed by atoms with Crippen molar-refractivity contribution < 1.29 is 9.84 Å². The topological polar surface area (TPSA) is 55.5 Å². The second-order valence-electron chi connectivity index (χ2n) is 4.40. The molecule has 0 spiro atoms. The van der Waals surface area contributed by atoms with E-state index in [0.717, 1.165) is 29.5 Å². The van der Waals surface area contributed by atoms with E-state index in [4.69, 9.17) is 10.5 Å². The van der Waals surface area contributed by atoms with Crippen LogP contribution in [0.1, 0.15) is 29.5 Å². The molecule has 3 N–H and O–H groups in total. The first-order valence-electron chi connectivity index (χ1n) is 5.16. The summed E-state index contributed by atoms with van der Waals surface area (Å²) in [7, 11) is 1.57. The summed E-state index contributed by atoms with van der Waals surface area (Å²) in [6, 6.07) is 1.97. The van der Waals surface area contributed by atoms with Gasteiger partial charge in [-0.2, -0.15) is 0 Å². The Balaban J connectivity index is 2.62. The maximum absolute atomic E-state index is 10.1. The molecule has 1 saturated carbocycles. The standard InChI is InChI=1S/C12H17NO2/c1-7-6-9(12(13)4-5-12)10(14)11(15-3)8(7)2/h6,14H,4-5,13H2,1-3H3. The number of aryl methyl sites for hydroxylation is 1. The van der Waals surface area contributed by atoms with Crippen LogP contribution in [0.3, 0.4) is 0 Å². The van der Waals surface area contributed by atoms with Crippen molar-refractivity contribution in [3.63, 3.8) is 0 Å². The van der Waals surface area contributed by atoms with Gasteiger partial charge in [-0.05, 0) is 43.9 Å². The highest BCUT2D eigenvalue weighted by atomic mass is 16.5. The van der Waals surface area contributed by atoms with Crippen molar-refractivity contribution in [3.05, 3.63) is 22.8 Å². The third-order valence-corrected chi connectivity index (χ3v) is 3.29. The smallest absolute Gasteiger partial charge is 0.164 e. The first-order valence-corrected chi connectivity index (χ1v) is 5.16. The molecule has 0 aliphatic heterocycles. The molecular weight excluding hydrogens is 190 g/mol. The summed E-state index contributed by atoms with van der Waals surface area (Å²) in [5.74, 6) is 0.766. The van der Waals surface area contributed by atoms with Crippen LogP contribution in [0.2, 0.25) is 0 Å². The lowest BCUT2D eigenvalue weighted by Crippen LogP contribution is -2.19. The third kappa shape index (κ3) is 1.47. The molecule has 0 bridgehead atoms. The van der Waals surface area contributed by atoms with Gasteiger partial charge in [0.15, 0.2) is 11.5 Å². The molecule has 1 fully saturated rings. The molecule has 0 radical (unpaired) electrons. The number of hydrogen-bond acceptors (Lipinski definition) is 3. The lowest BCUT2D eigenvalue weighted by molar-refractivity contribution is 0.365. The Bertz CT molecular complexity index is 409. The molecular formula is C12H17NO2. The molecule has 1 aromatic carbocycles. The van der Waals surface area contributed by atoms with Crippen LogP contribution in [0.25, 0.3) is 0 Å². The maximum atomic E-state index is 10.1. The fourth-order valence-corrected chi connectivity index (χ4v) is 1.91. The molecule has 3 nitrogen and oxygen atoms in total. The second-order valence-corrected chi connectivity index (χ2v) is 4.40. The fourth-order valence-electron chi connectivity index (χ4n) is 1.91. The number of phenols is 1. The lowest BCUT2D eigenvalue weighted by Gasteiger charge is -2.17. The summed E-state index contributed by atoms with van der Waals surface area (Å²) in [5, 5.41) is 10.1. The summed E-state index contributed by atoms with van der Waals surface area (Å²) in [6.45, 7) is 3.94. The summed E-state index contributed by atoms with van der Waals surface area (Å²) in [4.78, 5) is 0. The van der Waals surface area contributed by atoms with E-state index in [1.807, 2.05) is 19.9 Å². The van der Waals surface area contributed by atoms with E-state index in [1.54, 1.807) is 7.11 Å². The Labute approximate surface area is 89.9 Å². The molecule has 1 aromatic rings. The quantitative estimate of drug-likeness (QED) is 0.779. The highest BCUT2D eigenvalue weighted by Gasteiger charge is 2.43. The number of aromatic hydroxyl groups is 1. The third-order valence-electron chi connectivity index (χ3n) is 3.29. The average molecular weight is 207 g/mol. The van der Waals surface area contributed by atoms with Gasteiger partial charge in [0.1, 0.15) is 0 Å².